The van der Waals surface area contributed by atoms with E-state index >= 15 is 0 Å². The lowest BCUT2D eigenvalue weighted by atomic mass is 10.2. The van der Waals surface area contributed by atoms with Crippen molar-refractivity contribution in [1.29, 1.82) is 0 Å². The minimum absolute atomic E-state index is 0.0137. The molecule has 2 aromatic carbocycles. The number of hydrogen-bond donors (Lipinski definition) is 1. The maximum absolute atomic E-state index is 12.4. The van der Waals surface area contributed by atoms with E-state index in [0.717, 1.165) is 15.7 Å². The molecule has 0 unspecified atom stereocenters. The number of carbonyl (C=O) groups is 1. The molecule has 13 heteroatoms. The molecule has 2 aromatic heterocycles. The fourth-order valence-electron chi connectivity index (χ4n) is 2.96. The van der Waals surface area contributed by atoms with E-state index in [2.05, 4.69) is 41.6 Å². The summed E-state index contributed by atoms with van der Waals surface area (Å²) in [7, 11) is 0. The van der Waals surface area contributed by atoms with Gasteiger partial charge in [0.25, 0.3) is 11.6 Å². The molecule has 0 aliphatic rings. The molecule has 1 N–H and O–H groups in total. The number of carbonyl (C=O) groups excluding carboxylic acids is 1. The highest BCUT2D eigenvalue weighted by Gasteiger charge is 2.17. The highest BCUT2D eigenvalue weighted by atomic mass is 79.9. The summed E-state index contributed by atoms with van der Waals surface area (Å²) in [5.41, 5.74) is 4.18. The number of nitro benzene ring substituents is 1. The first kappa shape index (κ1) is 24.5. The molecule has 1 amide bonds. The van der Waals surface area contributed by atoms with Crippen LogP contribution < -0.4 is 5.43 Å². The molecule has 176 valence electrons. The van der Waals surface area contributed by atoms with Crippen LogP contribution in [-0.2, 0) is 4.79 Å². The van der Waals surface area contributed by atoms with Crippen LogP contribution in [0.15, 0.2) is 81.7 Å². The first-order valence-electron chi connectivity index (χ1n) is 9.93. The minimum Gasteiger partial charge on any atom is -0.272 e. The number of benzene rings is 2. The molecule has 35 heavy (non-hydrogen) atoms. The second-order valence-electron chi connectivity index (χ2n) is 6.91. The van der Waals surface area contributed by atoms with Gasteiger partial charge in [0.15, 0.2) is 11.0 Å². The third-order valence-corrected chi connectivity index (χ3v) is 6.32. The van der Waals surface area contributed by atoms with Crippen molar-refractivity contribution in [3.8, 4) is 17.1 Å². The Labute approximate surface area is 216 Å². The molecule has 0 aliphatic carbocycles. The van der Waals surface area contributed by atoms with E-state index in [1.165, 1.54) is 30.1 Å². The smallest absolute Gasteiger partial charge is 0.272 e. The number of nitro groups is 1. The lowest BCUT2D eigenvalue weighted by molar-refractivity contribution is -0.384. The van der Waals surface area contributed by atoms with Crippen LogP contribution >= 0.6 is 39.3 Å². The van der Waals surface area contributed by atoms with Crippen LogP contribution in [0.25, 0.3) is 17.1 Å². The van der Waals surface area contributed by atoms with Gasteiger partial charge < -0.3 is 0 Å². The largest absolute Gasteiger partial charge is 0.288 e. The Kier molecular flexibility index (Phi) is 7.85. The standard InChI is InChI=1S/C22H15BrClN7O3S/c23-16-4-6-17(7-5-16)30-21(15-2-1-9-25-12-15)28-29-22(30)35-13-20(32)27-26-11-14-3-8-18(24)19(10-14)31(33)34/h1-12H,13H2,(H,27,32). The molecule has 0 spiro atoms. The SMILES string of the molecule is O=C(CSc1nnc(-c2cccnc2)n1-c1ccc(Br)cc1)NN=Cc1ccc(Cl)c([N+](=O)[O-])c1. The van der Waals surface area contributed by atoms with E-state index in [4.69, 9.17) is 11.6 Å². The van der Waals surface area contributed by atoms with E-state index in [-0.39, 0.29) is 22.4 Å². The normalized spacial score (nSPS) is 11.0. The summed E-state index contributed by atoms with van der Waals surface area (Å²) >= 11 is 10.4. The Morgan fingerprint density at radius 3 is 2.74 bits per heavy atom. The second kappa shape index (κ2) is 11.2. The summed E-state index contributed by atoms with van der Waals surface area (Å²) in [4.78, 5) is 26.9. The molecule has 0 bridgehead atoms. The van der Waals surface area contributed by atoms with E-state index in [0.29, 0.717) is 16.5 Å². The quantitative estimate of drug-likeness (QED) is 0.138. The van der Waals surface area contributed by atoms with Crippen molar-refractivity contribution in [3.05, 3.63) is 92.2 Å². The van der Waals surface area contributed by atoms with Crippen molar-refractivity contribution in [3.63, 3.8) is 0 Å². The Morgan fingerprint density at radius 2 is 2.03 bits per heavy atom. The van der Waals surface area contributed by atoms with Gasteiger partial charge in [-0.15, -0.1) is 10.2 Å². The van der Waals surface area contributed by atoms with E-state index in [1.54, 1.807) is 18.5 Å². The lowest BCUT2D eigenvalue weighted by Gasteiger charge is -2.10. The van der Waals surface area contributed by atoms with Gasteiger partial charge in [-0.3, -0.25) is 24.5 Å². The van der Waals surface area contributed by atoms with Gasteiger partial charge in [0.2, 0.25) is 0 Å². The van der Waals surface area contributed by atoms with Crippen molar-refractivity contribution in [1.82, 2.24) is 25.2 Å². The van der Waals surface area contributed by atoms with Gasteiger partial charge in [-0.2, -0.15) is 5.10 Å². The number of hydrogen-bond acceptors (Lipinski definition) is 8. The van der Waals surface area contributed by atoms with Crippen LogP contribution in [0.4, 0.5) is 5.69 Å². The number of hydrazone groups is 1. The molecule has 2 heterocycles. The topological polar surface area (TPSA) is 128 Å². The number of halogens is 2. The summed E-state index contributed by atoms with van der Waals surface area (Å²) in [6.45, 7) is 0. The van der Waals surface area contributed by atoms with Gasteiger partial charge in [-0.25, -0.2) is 5.43 Å². The van der Waals surface area contributed by atoms with Gasteiger partial charge in [0.05, 0.1) is 16.9 Å². The summed E-state index contributed by atoms with van der Waals surface area (Å²) in [6.07, 6.45) is 4.67. The molecule has 0 fully saturated rings. The van der Waals surface area contributed by atoms with Gasteiger partial charge in [0.1, 0.15) is 5.02 Å². The van der Waals surface area contributed by atoms with Crippen LogP contribution in [0.2, 0.25) is 5.02 Å². The number of amides is 1. The first-order valence-corrected chi connectivity index (χ1v) is 12.1. The molecule has 0 saturated heterocycles. The highest BCUT2D eigenvalue weighted by Crippen LogP contribution is 2.28. The van der Waals surface area contributed by atoms with Crippen molar-refractivity contribution < 1.29 is 9.72 Å². The Balaban J connectivity index is 1.48. The highest BCUT2D eigenvalue weighted by molar-refractivity contribution is 9.10. The van der Waals surface area contributed by atoms with Crippen LogP contribution in [0.5, 0.6) is 0 Å². The summed E-state index contributed by atoms with van der Waals surface area (Å²) in [5, 5.41) is 24.0. The molecule has 0 radical (unpaired) electrons. The zero-order valence-electron chi connectivity index (χ0n) is 17.7. The summed E-state index contributed by atoms with van der Waals surface area (Å²) < 4.78 is 2.77. The molecule has 4 rings (SSSR count). The molecular weight excluding hydrogens is 558 g/mol. The third kappa shape index (κ3) is 6.10. The molecule has 4 aromatic rings. The van der Waals surface area contributed by atoms with E-state index in [1.807, 2.05) is 41.0 Å². The Morgan fingerprint density at radius 1 is 1.23 bits per heavy atom. The number of nitrogens with one attached hydrogen (secondary N) is 1. The maximum Gasteiger partial charge on any atom is 0.288 e. The average molecular weight is 573 g/mol. The predicted octanol–water partition coefficient (Wildman–Crippen LogP) is 4.90. The Hall–Kier alpha value is -3.61. The fraction of sp³-hybridized carbons (Fsp3) is 0.0455. The molecule has 0 aliphatic heterocycles. The number of pyridine rings is 1. The number of aromatic nitrogens is 4. The average Bonchev–Trinajstić information content (AvgIpc) is 3.28. The van der Waals surface area contributed by atoms with Crippen molar-refractivity contribution in [2.75, 3.05) is 5.75 Å². The minimum atomic E-state index is -0.587. The zero-order valence-corrected chi connectivity index (χ0v) is 20.9. The van der Waals surface area contributed by atoms with E-state index in [9.17, 15) is 14.9 Å². The van der Waals surface area contributed by atoms with E-state index < -0.39 is 4.92 Å². The summed E-state index contributed by atoms with van der Waals surface area (Å²) in [6, 6.07) is 15.5. The number of thioether (sulfide) groups is 1. The van der Waals surface area contributed by atoms with Crippen molar-refractivity contribution in [2.24, 2.45) is 5.10 Å². The predicted molar refractivity (Wildman–Crippen MR) is 137 cm³/mol. The third-order valence-electron chi connectivity index (χ3n) is 4.54. The fourth-order valence-corrected chi connectivity index (χ4v) is 4.15. The lowest BCUT2D eigenvalue weighted by Crippen LogP contribution is -2.20. The molecule has 0 atom stereocenters. The van der Waals surface area contributed by atoms with Gasteiger partial charge in [-0.1, -0.05) is 45.4 Å². The maximum atomic E-state index is 12.4. The molecule has 0 saturated carbocycles. The molecular formula is C22H15BrClN7O3S. The van der Waals surface area contributed by atoms with Crippen LogP contribution in [-0.4, -0.2) is 42.5 Å². The molecule has 10 nitrogen and oxygen atoms in total. The van der Waals surface area contributed by atoms with Crippen LogP contribution in [0.1, 0.15) is 5.56 Å². The van der Waals surface area contributed by atoms with Gasteiger partial charge in [-0.05, 0) is 42.5 Å². The van der Waals surface area contributed by atoms with Crippen LogP contribution in [0, 0.1) is 10.1 Å². The van der Waals surface area contributed by atoms with Gasteiger partial charge in [0, 0.05) is 39.7 Å². The number of rotatable bonds is 8. The zero-order chi connectivity index (χ0) is 24.8. The van der Waals surface area contributed by atoms with Crippen molar-refractivity contribution in [2.45, 2.75) is 5.16 Å². The first-order chi connectivity index (χ1) is 16.9. The van der Waals surface area contributed by atoms with Crippen molar-refractivity contribution >= 4 is 57.1 Å². The Bertz CT molecular complexity index is 1400. The monoisotopic (exact) mass is 571 g/mol. The number of nitrogens with zero attached hydrogens (tertiary/aromatic N) is 6. The van der Waals surface area contributed by atoms with Crippen LogP contribution in [0.3, 0.4) is 0 Å². The second-order valence-corrected chi connectivity index (χ2v) is 9.17. The van der Waals surface area contributed by atoms with Gasteiger partial charge >= 0.3 is 0 Å². The summed E-state index contributed by atoms with van der Waals surface area (Å²) in [5.74, 6) is 0.216.